The lowest BCUT2D eigenvalue weighted by molar-refractivity contribution is 0.627. The maximum absolute atomic E-state index is 14.4. The van der Waals surface area contributed by atoms with Gasteiger partial charge in [-0.25, -0.2) is 8.78 Å². The minimum absolute atomic E-state index is 0.217. The minimum atomic E-state index is -0.447. The maximum Gasteiger partial charge on any atom is 0.161 e. The number of hydrogen-bond donors (Lipinski definition) is 3. The molecule has 8 heteroatoms. The van der Waals surface area contributed by atoms with E-state index < -0.39 is 5.82 Å². The zero-order chi connectivity index (χ0) is 18.1. The Bertz CT molecular complexity index is 1090. The molecule has 0 unspecified atom stereocenters. The van der Waals surface area contributed by atoms with E-state index in [1.807, 2.05) is 0 Å². The SMILES string of the molecule is NCc1nnc(-c2cc(F)c3[nH]nc(C=Cc4ccc(F)cc4)c3c2)[nH]1. The normalized spacial score (nSPS) is 11.7. The van der Waals surface area contributed by atoms with Crippen LogP contribution in [-0.4, -0.2) is 25.4 Å². The van der Waals surface area contributed by atoms with Gasteiger partial charge in [0, 0.05) is 10.9 Å². The van der Waals surface area contributed by atoms with E-state index in [1.165, 1.54) is 18.2 Å². The average Bonchev–Trinajstić information content (AvgIpc) is 3.28. The van der Waals surface area contributed by atoms with Crippen LogP contribution in [0.25, 0.3) is 34.4 Å². The third-order valence-electron chi connectivity index (χ3n) is 3.96. The number of nitrogens with two attached hydrogens (primary N) is 1. The van der Waals surface area contributed by atoms with E-state index in [1.54, 1.807) is 30.4 Å². The van der Waals surface area contributed by atoms with E-state index in [2.05, 4.69) is 25.4 Å². The first-order chi connectivity index (χ1) is 12.6. The lowest BCUT2D eigenvalue weighted by Gasteiger charge is -1.99. The Balaban J connectivity index is 1.75. The summed E-state index contributed by atoms with van der Waals surface area (Å²) < 4.78 is 27.4. The van der Waals surface area contributed by atoms with Crippen LogP contribution >= 0.6 is 0 Å². The lowest BCUT2D eigenvalue weighted by Crippen LogP contribution is -1.97. The van der Waals surface area contributed by atoms with Gasteiger partial charge in [-0.15, -0.1) is 10.2 Å². The van der Waals surface area contributed by atoms with Gasteiger partial charge in [0.25, 0.3) is 0 Å². The topological polar surface area (TPSA) is 96.3 Å². The van der Waals surface area contributed by atoms with Crippen LogP contribution in [0, 0.1) is 11.6 Å². The van der Waals surface area contributed by atoms with Crippen LogP contribution in [0.4, 0.5) is 8.78 Å². The van der Waals surface area contributed by atoms with E-state index in [9.17, 15) is 8.78 Å². The second-order valence-electron chi connectivity index (χ2n) is 5.70. The highest BCUT2D eigenvalue weighted by atomic mass is 19.1. The Kier molecular flexibility index (Phi) is 4.02. The molecule has 0 amide bonds. The maximum atomic E-state index is 14.4. The van der Waals surface area contributed by atoms with Crippen LogP contribution in [0.1, 0.15) is 17.1 Å². The predicted octanol–water partition coefficient (Wildman–Crippen LogP) is 3.26. The van der Waals surface area contributed by atoms with Crippen LogP contribution in [0.5, 0.6) is 0 Å². The molecule has 0 aliphatic heterocycles. The molecule has 0 spiro atoms. The van der Waals surface area contributed by atoms with Crippen molar-refractivity contribution >= 4 is 23.1 Å². The number of halogens is 2. The van der Waals surface area contributed by atoms with Gasteiger partial charge in [-0.05, 0) is 35.9 Å². The summed E-state index contributed by atoms with van der Waals surface area (Å²) in [6.45, 7) is 0.217. The molecule has 6 nitrogen and oxygen atoms in total. The number of H-pyrrole nitrogens is 2. The molecule has 26 heavy (non-hydrogen) atoms. The van der Waals surface area contributed by atoms with E-state index in [-0.39, 0.29) is 12.4 Å². The van der Waals surface area contributed by atoms with Crippen LogP contribution < -0.4 is 5.73 Å². The Labute approximate surface area is 146 Å². The molecule has 0 fully saturated rings. The van der Waals surface area contributed by atoms with Crippen molar-refractivity contribution < 1.29 is 8.78 Å². The number of fused-ring (bicyclic) bond motifs is 1. The van der Waals surface area contributed by atoms with Gasteiger partial charge in [0.05, 0.1) is 12.2 Å². The average molecular weight is 352 g/mol. The van der Waals surface area contributed by atoms with Crippen molar-refractivity contribution in [3.05, 3.63) is 65.1 Å². The summed E-state index contributed by atoms with van der Waals surface area (Å²) >= 11 is 0. The standard InChI is InChI=1S/C18H14F2N6/c19-12-4-1-10(2-5-12)3-6-15-13-7-11(8-14(20)17(13)25-23-15)18-22-16(9-21)24-26-18/h1-8H,9,21H2,(H,23,25)(H,22,24,26). The summed E-state index contributed by atoms with van der Waals surface area (Å²) in [6.07, 6.45) is 3.52. The molecule has 0 saturated carbocycles. The Hall–Kier alpha value is -3.39. The third kappa shape index (κ3) is 2.98. The van der Waals surface area contributed by atoms with E-state index in [0.717, 1.165) is 5.56 Å². The lowest BCUT2D eigenvalue weighted by atomic mass is 10.1. The van der Waals surface area contributed by atoms with Gasteiger partial charge < -0.3 is 10.7 Å². The fraction of sp³-hybridized carbons (Fsp3) is 0.0556. The summed E-state index contributed by atoms with van der Waals surface area (Å²) in [7, 11) is 0. The molecule has 0 bridgehead atoms. The molecular formula is C18H14F2N6. The molecule has 2 heterocycles. The highest BCUT2D eigenvalue weighted by Crippen LogP contribution is 2.27. The second-order valence-corrected chi connectivity index (χ2v) is 5.70. The molecule has 0 aliphatic rings. The molecule has 2 aromatic carbocycles. The summed E-state index contributed by atoms with van der Waals surface area (Å²) in [5, 5.41) is 15.3. The fourth-order valence-corrected chi connectivity index (χ4v) is 2.63. The summed E-state index contributed by atoms with van der Waals surface area (Å²) in [5.41, 5.74) is 7.72. The minimum Gasteiger partial charge on any atom is -0.324 e. The first-order valence-corrected chi connectivity index (χ1v) is 7.87. The van der Waals surface area contributed by atoms with E-state index in [4.69, 9.17) is 5.73 Å². The van der Waals surface area contributed by atoms with Crippen LogP contribution in [-0.2, 0) is 6.54 Å². The molecule has 0 aliphatic carbocycles. The van der Waals surface area contributed by atoms with Crippen molar-refractivity contribution in [2.45, 2.75) is 6.54 Å². The van der Waals surface area contributed by atoms with E-state index in [0.29, 0.717) is 33.8 Å². The number of nitrogens with one attached hydrogen (secondary N) is 2. The predicted molar refractivity (Wildman–Crippen MR) is 94.6 cm³/mol. The summed E-state index contributed by atoms with van der Waals surface area (Å²) in [5.74, 6) is 0.199. The molecule has 4 N–H and O–H groups in total. The summed E-state index contributed by atoms with van der Waals surface area (Å²) in [6, 6.07) is 9.17. The van der Waals surface area contributed by atoms with Crippen molar-refractivity contribution in [2.24, 2.45) is 5.73 Å². The number of aromatic amines is 2. The fourth-order valence-electron chi connectivity index (χ4n) is 2.63. The van der Waals surface area contributed by atoms with Crippen molar-refractivity contribution in [1.29, 1.82) is 0 Å². The third-order valence-corrected chi connectivity index (χ3v) is 3.96. The van der Waals surface area contributed by atoms with Gasteiger partial charge in [-0.1, -0.05) is 18.2 Å². The zero-order valence-corrected chi connectivity index (χ0v) is 13.5. The van der Waals surface area contributed by atoms with Gasteiger partial charge in [0.15, 0.2) is 5.82 Å². The molecule has 4 aromatic rings. The van der Waals surface area contributed by atoms with Gasteiger partial charge in [0.1, 0.15) is 23.0 Å². The Morgan fingerprint density at radius 1 is 1.04 bits per heavy atom. The largest absolute Gasteiger partial charge is 0.324 e. The number of hydrogen-bond acceptors (Lipinski definition) is 4. The van der Waals surface area contributed by atoms with Gasteiger partial charge in [-0.3, -0.25) is 5.10 Å². The second kappa shape index (κ2) is 6.49. The number of aromatic nitrogens is 5. The van der Waals surface area contributed by atoms with Crippen molar-refractivity contribution in [3.8, 4) is 11.4 Å². The number of benzene rings is 2. The highest BCUT2D eigenvalue weighted by molar-refractivity contribution is 5.92. The van der Waals surface area contributed by atoms with Crippen LogP contribution in [0.15, 0.2) is 36.4 Å². The molecule has 2 aromatic heterocycles. The molecule has 130 valence electrons. The number of nitrogens with zero attached hydrogens (tertiary/aromatic N) is 3. The van der Waals surface area contributed by atoms with Gasteiger partial charge >= 0.3 is 0 Å². The molecule has 4 rings (SSSR count). The first kappa shape index (κ1) is 16.1. The van der Waals surface area contributed by atoms with Crippen molar-refractivity contribution in [2.75, 3.05) is 0 Å². The van der Waals surface area contributed by atoms with Crippen molar-refractivity contribution in [3.63, 3.8) is 0 Å². The highest BCUT2D eigenvalue weighted by Gasteiger charge is 2.13. The smallest absolute Gasteiger partial charge is 0.161 e. The Morgan fingerprint density at radius 3 is 2.58 bits per heavy atom. The zero-order valence-electron chi connectivity index (χ0n) is 13.5. The quantitative estimate of drug-likeness (QED) is 0.525. The van der Waals surface area contributed by atoms with Crippen LogP contribution in [0.3, 0.4) is 0 Å². The van der Waals surface area contributed by atoms with Gasteiger partial charge in [-0.2, -0.15) is 5.10 Å². The van der Waals surface area contributed by atoms with Gasteiger partial charge in [0.2, 0.25) is 0 Å². The molecular weight excluding hydrogens is 338 g/mol. The molecule has 0 saturated heterocycles. The monoisotopic (exact) mass is 352 g/mol. The molecule has 0 atom stereocenters. The first-order valence-electron chi connectivity index (χ1n) is 7.87. The van der Waals surface area contributed by atoms with Crippen molar-refractivity contribution in [1.82, 2.24) is 25.4 Å². The Morgan fingerprint density at radius 2 is 1.85 bits per heavy atom. The molecule has 0 radical (unpaired) electrons. The van der Waals surface area contributed by atoms with Crippen LogP contribution in [0.2, 0.25) is 0 Å². The van der Waals surface area contributed by atoms with E-state index >= 15 is 0 Å². The summed E-state index contributed by atoms with van der Waals surface area (Å²) in [4.78, 5) is 2.95. The number of rotatable bonds is 4.